The van der Waals surface area contributed by atoms with Gasteiger partial charge in [0.2, 0.25) is 0 Å². The third-order valence-corrected chi connectivity index (χ3v) is 4.08. The van der Waals surface area contributed by atoms with Gasteiger partial charge in [-0.25, -0.2) is 0 Å². The van der Waals surface area contributed by atoms with Crippen LogP contribution in [-0.4, -0.2) is 45.8 Å². The van der Waals surface area contributed by atoms with E-state index in [9.17, 15) is 9.90 Å². The molecule has 0 aliphatic heterocycles. The Morgan fingerprint density at radius 1 is 1.50 bits per heavy atom. The molecule has 1 heterocycles. The van der Waals surface area contributed by atoms with Crippen molar-refractivity contribution in [1.29, 1.82) is 0 Å². The maximum atomic E-state index is 12.3. The molecule has 0 radical (unpaired) electrons. The minimum atomic E-state index is -0.269. The molecule has 0 aromatic carbocycles. The van der Waals surface area contributed by atoms with Crippen molar-refractivity contribution in [2.24, 2.45) is 5.92 Å². The SMILES string of the molecule is CN(CC1CCCC1O)C(=O)c1cc(C(C)(C)C)[nH]n1. The van der Waals surface area contributed by atoms with E-state index in [2.05, 4.69) is 31.0 Å². The molecule has 5 nitrogen and oxygen atoms in total. The summed E-state index contributed by atoms with van der Waals surface area (Å²) in [4.78, 5) is 14.0. The Morgan fingerprint density at radius 3 is 2.70 bits per heavy atom. The summed E-state index contributed by atoms with van der Waals surface area (Å²) in [6, 6.07) is 1.82. The summed E-state index contributed by atoms with van der Waals surface area (Å²) in [7, 11) is 1.78. The lowest BCUT2D eigenvalue weighted by molar-refractivity contribution is 0.0688. The number of hydrogen-bond acceptors (Lipinski definition) is 3. The lowest BCUT2D eigenvalue weighted by Gasteiger charge is -2.22. The van der Waals surface area contributed by atoms with Crippen molar-refractivity contribution in [1.82, 2.24) is 15.1 Å². The van der Waals surface area contributed by atoms with Gasteiger partial charge in [-0.05, 0) is 18.9 Å². The van der Waals surface area contributed by atoms with Gasteiger partial charge in [-0.3, -0.25) is 9.89 Å². The largest absolute Gasteiger partial charge is 0.393 e. The van der Waals surface area contributed by atoms with Crippen LogP contribution in [-0.2, 0) is 5.41 Å². The maximum absolute atomic E-state index is 12.3. The first-order chi connectivity index (χ1) is 9.29. The summed E-state index contributed by atoms with van der Waals surface area (Å²) < 4.78 is 0. The number of aromatic nitrogens is 2. The zero-order valence-electron chi connectivity index (χ0n) is 12.8. The molecule has 112 valence electrons. The Labute approximate surface area is 120 Å². The summed E-state index contributed by atoms with van der Waals surface area (Å²) >= 11 is 0. The number of nitrogens with zero attached hydrogens (tertiary/aromatic N) is 2. The van der Waals surface area contributed by atoms with Gasteiger partial charge in [0.25, 0.3) is 5.91 Å². The topological polar surface area (TPSA) is 69.2 Å². The van der Waals surface area contributed by atoms with Crippen molar-refractivity contribution in [3.8, 4) is 0 Å². The Kier molecular flexibility index (Phi) is 4.18. The Hall–Kier alpha value is -1.36. The van der Waals surface area contributed by atoms with Crippen molar-refractivity contribution in [3.63, 3.8) is 0 Å². The van der Waals surface area contributed by atoms with Crippen molar-refractivity contribution in [2.75, 3.05) is 13.6 Å². The molecule has 0 spiro atoms. The van der Waals surface area contributed by atoms with E-state index in [1.54, 1.807) is 11.9 Å². The fourth-order valence-electron chi connectivity index (χ4n) is 2.68. The number of hydrogen-bond donors (Lipinski definition) is 2. The molecule has 1 aromatic heterocycles. The average Bonchev–Trinajstić information content (AvgIpc) is 2.97. The first-order valence-electron chi connectivity index (χ1n) is 7.28. The molecule has 2 rings (SSSR count). The number of H-pyrrole nitrogens is 1. The predicted molar refractivity (Wildman–Crippen MR) is 77.6 cm³/mol. The number of carbonyl (C=O) groups excluding carboxylic acids is 1. The molecule has 2 unspecified atom stereocenters. The fraction of sp³-hybridized carbons (Fsp3) is 0.733. The quantitative estimate of drug-likeness (QED) is 0.888. The smallest absolute Gasteiger partial charge is 0.274 e. The van der Waals surface area contributed by atoms with Gasteiger partial charge in [0.1, 0.15) is 5.69 Å². The van der Waals surface area contributed by atoms with Crippen LogP contribution in [0, 0.1) is 5.92 Å². The van der Waals surface area contributed by atoms with Gasteiger partial charge in [0.15, 0.2) is 0 Å². The van der Waals surface area contributed by atoms with Gasteiger partial charge in [0, 0.05) is 30.6 Å². The molecule has 2 N–H and O–H groups in total. The fourth-order valence-corrected chi connectivity index (χ4v) is 2.68. The lowest BCUT2D eigenvalue weighted by Crippen LogP contribution is -2.34. The molecule has 0 bridgehead atoms. The lowest BCUT2D eigenvalue weighted by atomic mass is 9.92. The number of aliphatic hydroxyl groups is 1. The second kappa shape index (κ2) is 5.56. The first kappa shape index (κ1) is 15.0. The summed E-state index contributed by atoms with van der Waals surface area (Å²) in [5.74, 6) is 0.112. The highest BCUT2D eigenvalue weighted by Gasteiger charge is 2.28. The number of nitrogens with one attached hydrogen (secondary N) is 1. The second-order valence-electron chi connectivity index (χ2n) is 6.86. The number of aromatic amines is 1. The van der Waals surface area contributed by atoms with Crippen LogP contribution in [0.25, 0.3) is 0 Å². The molecule has 1 aliphatic rings. The number of amides is 1. The Morgan fingerprint density at radius 2 is 2.20 bits per heavy atom. The zero-order chi connectivity index (χ0) is 14.9. The molecule has 1 saturated carbocycles. The molecule has 5 heteroatoms. The second-order valence-corrected chi connectivity index (χ2v) is 6.86. The van der Waals surface area contributed by atoms with E-state index < -0.39 is 0 Å². The standard InChI is InChI=1S/C15H25N3O2/c1-15(2,3)13-8-11(16-17-13)14(20)18(4)9-10-6-5-7-12(10)19/h8,10,12,19H,5-7,9H2,1-4H3,(H,16,17). The van der Waals surface area contributed by atoms with E-state index in [0.717, 1.165) is 25.0 Å². The van der Waals surface area contributed by atoms with E-state index >= 15 is 0 Å². The summed E-state index contributed by atoms with van der Waals surface area (Å²) in [6.45, 7) is 6.83. The van der Waals surface area contributed by atoms with E-state index in [0.29, 0.717) is 12.2 Å². The molecule has 1 aliphatic carbocycles. The van der Waals surface area contributed by atoms with Crippen LogP contribution >= 0.6 is 0 Å². The highest BCUT2D eigenvalue weighted by Crippen LogP contribution is 2.26. The molecule has 1 aromatic rings. The van der Waals surface area contributed by atoms with E-state index in [1.807, 2.05) is 6.07 Å². The maximum Gasteiger partial charge on any atom is 0.274 e. The molecule has 2 atom stereocenters. The van der Waals surface area contributed by atoms with Crippen molar-refractivity contribution < 1.29 is 9.90 Å². The Bertz CT molecular complexity index is 476. The van der Waals surface area contributed by atoms with Gasteiger partial charge < -0.3 is 10.0 Å². The summed E-state index contributed by atoms with van der Waals surface area (Å²) in [5.41, 5.74) is 1.35. The first-order valence-corrected chi connectivity index (χ1v) is 7.28. The predicted octanol–water partition coefficient (Wildman–Crippen LogP) is 1.94. The highest BCUT2D eigenvalue weighted by atomic mass is 16.3. The normalized spacial score (nSPS) is 23.1. The number of carbonyl (C=O) groups is 1. The molecule has 1 fully saturated rings. The van der Waals surface area contributed by atoms with Gasteiger partial charge in [-0.2, -0.15) is 5.10 Å². The van der Waals surface area contributed by atoms with Crippen LogP contribution < -0.4 is 0 Å². The highest BCUT2D eigenvalue weighted by molar-refractivity contribution is 5.92. The minimum absolute atomic E-state index is 0.0499. The van der Waals surface area contributed by atoms with Crippen LogP contribution in [0.4, 0.5) is 0 Å². The monoisotopic (exact) mass is 279 g/mol. The van der Waals surface area contributed by atoms with E-state index in [-0.39, 0.29) is 23.3 Å². The van der Waals surface area contributed by atoms with Crippen LogP contribution in [0.5, 0.6) is 0 Å². The van der Waals surface area contributed by atoms with Crippen LogP contribution in [0.3, 0.4) is 0 Å². The average molecular weight is 279 g/mol. The Balaban J connectivity index is 2.01. The third-order valence-electron chi connectivity index (χ3n) is 4.08. The minimum Gasteiger partial charge on any atom is -0.393 e. The van der Waals surface area contributed by atoms with Crippen LogP contribution in [0.1, 0.15) is 56.2 Å². The third kappa shape index (κ3) is 3.20. The van der Waals surface area contributed by atoms with Gasteiger partial charge >= 0.3 is 0 Å². The van der Waals surface area contributed by atoms with Crippen molar-refractivity contribution in [2.45, 2.75) is 51.6 Å². The zero-order valence-corrected chi connectivity index (χ0v) is 12.8. The number of rotatable bonds is 3. The van der Waals surface area contributed by atoms with Crippen LogP contribution in [0.15, 0.2) is 6.07 Å². The van der Waals surface area contributed by atoms with Crippen LogP contribution in [0.2, 0.25) is 0 Å². The molecule has 0 saturated heterocycles. The van der Waals surface area contributed by atoms with Gasteiger partial charge in [0.05, 0.1) is 6.10 Å². The molecule has 20 heavy (non-hydrogen) atoms. The summed E-state index contributed by atoms with van der Waals surface area (Å²) in [5, 5.41) is 16.9. The van der Waals surface area contributed by atoms with Gasteiger partial charge in [-0.1, -0.05) is 27.2 Å². The summed E-state index contributed by atoms with van der Waals surface area (Å²) in [6.07, 6.45) is 2.62. The van der Waals surface area contributed by atoms with Crippen molar-refractivity contribution >= 4 is 5.91 Å². The number of aliphatic hydroxyl groups excluding tert-OH is 1. The van der Waals surface area contributed by atoms with E-state index in [4.69, 9.17) is 0 Å². The molecular weight excluding hydrogens is 254 g/mol. The molecule has 1 amide bonds. The van der Waals surface area contributed by atoms with Gasteiger partial charge in [-0.15, -0.1) is 0 Å². The van der Waals surface area contributed by atoms with E-state index in [1.165, 1.54) is 0 Å². The van der Waals surface area contributed by atoms with Crippen molar-refractivity contribution in [3.05, 3.63) is 17.5 Å². The molecular formula is C15H25N3O2.